The highest BCUT2D eigenvalue weighted by atomic mass is 16.5. The number of rotatable bonds is 22. The summed E-state index contributed by atoms with van der Waals surface area (Å²) in [7, 11) is 0. The van der Waals surface area contributed by atoms with Crippen LogP contribution in [0.2, 0.25) is 0 Å². The van der Waals surface area contributed by atoms with E-state index in [9.17, 15) is 4.79 Å². The SMILES string of the molecule is CCCCCCCCCCCCCCCCCCCCCC(=O)OCc1ccc(C(C)(C)C)cc1. The van der Waals surface area contributed by atoms with E-state index in [1.165, 1.54) is 115 Å². The largest absolute Gasteiger partial charge is 0.461 e. The summed E-state index contributed by atoms with van der Waals surface area (Å²) in [6.07, 6.45) is 26.6. The van der Waals surface area contributed by atoms with E-state index < -0.39 is 0 Å². The molecule has 0 radical (unpaired) electrons. The Morgan fingerprint density at radius 1 is 0.600 bits per heavy atom. The summed E-state index contributed by atoms with van der Waals surface area (Å²) >= 11 is 0. The van der Waals surface area contributed by atoms with Crippen LogP contribution in [0.5, 0.6) is 0 Å². The molecule has 0 unspecified atom stereocenters. The Morgan fingerprint density at radius 3 is 1.34 bits per heavy atom. The van der Waals surface area contributed by atoms with Crippen LogP contribution in [0, 0.1) is 0 Å². The van der Waals surface area contributed by atoms with E-state index in [0.717, 1.165) is 18.4 Å². The fourth-order valence-electron chi connectivity index (χ4n) is 4.68. The van der Waals surface area contributed by atoms with E-state index in [4.69, 9.17) is 4.74 Å². The monoisotopic (exact) mass is 486 g/mol. The molecule has 0 aromatic heterocycles. The van der Waals surface area contributed by atoms with Crippen molar-refractivity contribution in [1.82, 2.24) is 0 Å². The molecule has 0 amide bonds. The van der Waals surface area contributed by atoms with Gasteiger partial charge < -0.3 is 4.74 Å². The molecule has 0 spiro atoms. The molecule has 0 bridgehead atoms. The number of hydrogen-bond acceptors (Lipinski definition) is 2. The third-order valence-corrected chi connectivity index (χ3v) is 7.20. The van der Waals surface area contributed by atoms with Crippen LogP contribution in [0.3, 0.4) is 0 Å². The Morgan fingerprint density at radius 2 is 0.971 bits per heavy atom. The highest BCUT2D eigenvalue weighted by molar-refractivity contribution is 5.69. The smallest absolute Gasteiger partial charge is 0.306 e. The van der Waals surface area contributed by atoms with Crippen molar-refractivity contribution in [2.45, 2.75) is 168 Å². The van der Waals surface area contributed by atoms with Gasteiger partial charge in [0.1, 0.15) is 6.61 Å². The van der Waals surface area contributed by atoms with Crippen LogP contribution in [-0.4, -0.2) is 5.97 Å². The first-order chi connectivity index (χ1) is 16.9. The zero-order valence-electron chi connectivity index (χ0n) is 24.0. The lowest BCUT2D eigenvalue weighted by Crippen LogP contribution is -2.11. The number of ether oxygens (including phenoxy) is 1. The molecule has 0 fully saturated rings. The first-order valence-electron chi connectivity index (χ1n) is 15.2. The quantitative estimate of drug-likeness (QED) is 0.120. The third-order valence-electron chi connectivity index (χ3n) is 7.20. The summed E-state index contributed by atoms with van der Waals surface area (Å²) in [6.45, 7) is 9.31. The Balaban J connectivity index is 1.82. The van der Waals surface area contributed by atoms with Crippen LogP contribution in [-0.2, 0) is 21.6 Å². The highest BCUT2D eigenvalue weighted by Gasteiger charge is 2.13. The van der Waals surface area contributed by atoms with Gasteiger partial charge in [0.05, 0.1) is 0 Å². The fourth-order valence-corrected chi connectivity index (χ4v) is 4.68. The summed E-state index contributed by atoms with van der Waals surface area (Å²) in [4.78, 5) is 12.0. The van der Waals surface area contributed by atoms with E-state index >= 15 is 0 Å². The second kappa shape index (κ2) is 20.8. The van der Waals surface area contributed by atoms with Gasteiger partial charge in [0.25, 0.3) is 0 Å². The molecule has 0 saturated carbocycles. The summed E-state index contributed by atoms with van der Waals surface area (Å²) in [5.41, 5.74) is 2.53. The van der Waals surface area contributed by atoms with E-state index in [1.807, 2.05) is 0 Å². The molecule has 0 aliphatic carbocycles. The van der Waals surface area contributed by atoms with Crippen LogP contribution in [0.1, 0.15) is 167 Å². The Kier molecular flexibility index (Phi) is 18.9. The van der Waals surface area contributed by atoms with Crippen molar-refractivity contribution >= 4 is 5.97 Å². The van der Waals surface area contributed by atoms with Crippen LogP contribution >= 0.6 is 0 Å². The van der Waals surface area contributed by atoms with Crippen molar-refractivity contribution in [2.75, 3.05) is 0 Å². The fraction of sp³-hybridized carbons (Fsp3) is 0.788. The summed E-state index contributed by atoms with van der Waals surface area (Å²) in [6, 6.07) is 8.43. The number of esters is 1. The molecule has 1 aromatic rings. The molecule has 1 rings (SSSR count). The van der Waals surface area contributed by atoms with E-state index in [0.29, 0.717) is 13.0 Å². The Hall–Kier alpha value is -1.31. The van der Waals surface area contributed by atoms with Crippen molar-refractivity contribution < 1.29 is 9.53 Å². The van der Waals surface area contributed by atoms with Gasteiger partial charge in [0.15, 0.2) is 0 Å². The van der Waals surface area contributed by atoms with Crippen molar-refractivity contribution in [3.63, 3.8) is 0 Å². The van der Waals surface area contributed by atoms with Gasteiger partial charge in [0, 0.05) is 6.42 Å². The number of benzene rings is 1. The Bertz CT molecular complexity index is 611. The average Bonchev–Trinajstić information content (AvgIpc) is 2.84. The normalized spacial score (nSPS) is 11.7. The molecule has 35 heavy (non-hydrogen) atoms. The zero-order chi connectivity index (χ0) is 25.6. The number of carbonyl (C=O) groups is 1. The molecule has 0 atom stereocenters. The van der Waals surface area contributed by atoms with Gasteiger partial charge >= 0.3 is 5.97 Å². The van der Waals surface area contributed by atoms with Crippen LogP contribution in [0.4, 0.5) is 0 Å². The van der Waals surface area contributed by atoms with Crippen molar-refractivity contribution in [1.29, 1.82) is 0 Å². The summed E-state index contributed by atoms with van der Waals surface area (Å²) in [5.74, 6) is -0.0585. The number of carbonyl (C=O) groups excluding carboxylic acids is 1. The number of unbranched alkanes of at least 4 members (excludes halogenated alkanes) is 18. The second-order valence-corrected chi connectivity index (χ2v) is 11.7. The van der Waals surface area contributed by atoms with Gasteiger partial charge in [-0.05, 0) is 23.0 Å². The zero-order valence-corrected chi connectivity index (χ0v) is 24.0. The second-order valence-electron chi connectivity index (χ2n) is 11.7. The van der Waals surface area contributed by atoms with Gasteiger partial charge in [-0.2, -0.15) is 0 Å². The first-order valence-corrected chi connectivity index (χ1v) is 15.2. The lowest BCUT2D eigenvalue weighted by Gasteiger charge is -2.19. The molecule has 2 heteroatoms. The summed E-state index contributed by atoms with van der Waals surface area (Å²) < 4.78 is 5.45. The lowest BCUT2D eigenvalue weighted by molar-refractivity contribution is -0.145. The van der Waals surface area contributed by atoms with Crippen LogP contribution in [0.15, 0.2) is 24.3 Å². The predicted molar refractivity (Wildman–Crippen MR) is 153 cm³/mol. The summed E-state index contributed by atoms with van der Waals surface area (Å²) in [5, 5.41) is 0. The molecule has 202 valence electrons. The van der Waals surface area contributed by atoms with Gasteiger partial charge in [-0.1, -0.05) is 168 Å². The van der Waals surface area contributed by atoms with Crippen molar-refractivity contribution in [3.05, 3.63) is 35.4 Å². The molecule has 0 aliphatic heterocycles. The minimum absolute atomic E-state index is 0.0585. The standard InChI is InChI=1S/C33H58O2/c1-5-6-7-8-9-10-11-12-13-14-15-16-17-18-19-20-21-22-23-24-32(34)35-29-30-25-27-31(28-26-30)33(2,3)4/h25-28H,5-24,29H2,1-4H3. The van der Waals surface area contributed by atoms with E-state index in [2.05, 4.69) is 52.0 Å². The van der Waals surface area contributed by atoms with E-state index in [1.54, 1.807) is 0 Å². The lowest BCUT2D eigenvalue weighted by atomic mass is 9.87. The average molecular weight is 487 g/mol. The van der Waals surface area contributed by atoms with Gasteiger partial charge in [-0.25, -0.2) is 0 Å². The molecular weight excluding hydrogens is 428 g/mol. The van der Waals surface area contributed by atoms with Crippen LogP contribution < -0.4 is 0 Å². The molecule has 1 aromatic carbocycles. The maximum absolute atomic E-state index is 12.0. The molecular formula is C33H58O2. The molecule has 2 nitrogen and oxygen atoms in total. The highest BCUT2D eigenvalue weighted by Crippen LogP contribution is 2.22. The van der Waals surface area contributed by atoms with E-state index in [-0.39, 0.29) is 11.4 Å². The number of hydrogen-bond donors (Lipinski definition) is 0. The first kappa shape index (κ1) is 31.7. The maximum atomic E-state index is 12.0. The predicted octanol–water partition coefficient (Wildman–Crippen LogP) is 10.8. The topological polar surface area (TPSA) is 26.3 Å². The maximum Gasteiger partial charge on any atom is 0.306 e. The van der Waals surface area contributed by atoms with Crippen molar-refractivity contribution in [2.24, 2.45) is 0 Å². The minimum atomic E-state index is -0.0585. The third kappa shape index (κ3) is 18.6. The molecule has 0 saturated heterocycles. The van der Waals surface area contributed by atoms with Crippen LogP contribution in [0.25, 0.3) is 0 Å². The Labute approximate surface area is 219 Å². The van der Waals surface area contributed by atoms with Gasteiger partial charge in [-0.3, -0.25) is 4.79 Å². The molecule has 0 aliphatic rings. The van der Waals surface area contributed by atoms with Crippen molar-refractivity contribution in [3.8, 4) is 0 Å². The van der Waals surface area contributed by atoms with Gasteiger partial charge in [-0.15, -0.1) is 0 Å². The molecule has 0 N–H and O–H groups in total. The molecule has 0 heterocycles. The minimum Gasteiger partial charge on any atom is -0.461 e. The van der Waals surface area contributed by atoms with Gasteiger partial charge in [0.2, 0.25) is 0 Å².